The van der Waals surface area contributed by atoms with Gasteiger partial charge in [0, 0.05) is 33.3 Å². The molecule has 0 aliphatic carbocycles. The zero-order valence-corrected chi connectivity index (χ0v) is 5.72. The summed E-state index contributed by atoms with van der Waals surface area (Å²) in [6, 6.07) is 0. The topological polar surface area (TPSA) is 71.1 Å². The van der Waals surface area contributed by atoms with Crippen LogP contribution in [-0.2, 0) is 19.9 Å². The summed E-state index contributed by atoms with van der Waals surface area (Å²) in [6.07, 6.45) is 0. The molecule has 0 spiro atoms. The summed E-state index contributed by atoms with van der Waals surface area (Å²) in [7, 11) is 0. The molecule has 8 heteroatoms. The molecule has 0 radical (unpaired) electrons. The fourth-order valence-corrected chi connectivity index (χ4v) is 0.133. The third-order valence-electron chi connectivity index (χ3n) is 0.227. The number of hydrogen-bond donors (Lipinski definition) is 0. The fourth-order valence-electron chi connectivity index (χ4n) is 0.0813. The van der Waals surface area contributed by atoms with Crippen LogP contribution in [0.5, 0.6) is 0 Å². The first-order chi connectivity index (χ1) is 4.63. The van der Waals surface area contributed by atoms with E-state index in [1.165, 1.54) is 0 Å². The van der Waals surface area contributed by atoms with E-state index >= 15 is 0 Å². The summed E-state index contributed by atoms with van der Waals surface area (Å²) in [6.45, 7) is 0. The predicted octanol–water partition coefficient (Wildman–Crippen LogP) is 1.52. The molecule has 10 heavy (non-hydrogen) atoms. The Morgan fingerprint density at radius 1 is 0.900 bits per heavy atom. The van der Waals surface area contributed by atoms with Crippen LogP contribution in [0.25, 0.3) is 0 Å². The molecule has 0 fully saturated rings. The molecule has 0 saturated heterocycles. The second-order valence-corrected chi connectivity index (χ2v) is 1.40. The lowest BCUT2D eigenvalue weighted by atomic mass is 11.6. The molecule has 0 heterocycles. The highest BCUT2D eigenvalue weighted by molar-refractivity contribution is 6.61. The first-order valence-corrected chi connectivity index (χ1v) is 2.45. The Balaban J connectivity index is 3.06. The molecule has 0 aliphatic heterocycles. The molecule has 0 saturated carbocycles. The van der Waals surface area contributed by atoms with E-state index in [0.29, 0.717) is 0 Å². The van der Waals surface area contributed by atoms with Crippen molar-refractivity contribution in [3.63, 3.8) is 0 Å². The summed E-state index contributed by atoms with van der Waals surface area (Å²) in [4.78, 5) is 26.2. The van der Waals surface area contributed by atoms with Crippen LogP contribution in [0.2, 0.25) is 0 Å². The zero-order chi connectivity index (χ0) is 7.98. The van der Waals surface area contributed by atoms with Gasteiger partial charge in [0.25, 0.3) is 0 Å². The Kier molecular flexibility index (Phi) is 4.95. The van der Waals surface area contributed by atoms with E-state index in [2.05, 4.69) is 43.1 Å². The molecule has 0 aliphatic rings. The summed E-state index contributed by atoms with van der Waals surface area (Å²) < 4.78 is 0. The first kappa shape index (κ1) is 9.44. The lowest BCUT2D eigenvalue weighted by molar-refractivity contribution is -0.592. The van der Waals surface area contributed by atoms with Gasteiger partial charge in [0.1, 0.15) is 0 Å². The van der Waals surface area contributed by atoms with E-state index < -0.39 is 10.9 Å². The molecule has 0 N–H and O–H groups in total. The number of rotatable bonds is 3. The molecule has 0 atom stereocenters. The Morgan fingerprint density at radius 3 is 1.40 bits per heavy atom. The third kappa shape index (κ3) is 7.44. The quantitative estimate of drug-likeness (QED) is 0.291. The van der Waals surface area contributed by atoms with E-state index in [4.69, 9.17) is 0 Å². The molecule has 58 valence electrons. The molecule has 0 aromatic carbocycles. The van der Waals surface area contributed by atoms with Crippen molar-refractivity contribution in [2.24, 2.45) is 0 Å². The van der Waals surface area contributed by atoms with Crippen LogP contribution in [-0.4, -0.2) is 10.9 Å². The largest absolute Gasteiger partial charge is 0.438 e. The van der Waals surface area contributed by atoms with Crippen LogP contribution in [0.15, 0.2) is 0 Å². The van der Waals surface area contributed by atoms with Crippen molar-refractivity contribution in [2.75, 3.05) is 0 Å². The van der Waals surface area contributed by atoms with Gasteiger partial charge in [-0.15, -0.1) is 0 Å². The highest BCUT2D eigenvalue weighted by Crippen LogP contribution is 1.92. The summed E-state index contributed by atoms with van der Waals surface area (Å²) >= 11 is 9.11. The SMILES string of the molecule is O=C(Cl)OOOOC(=O)Cl. The van der Waals surface area contributed by atoms with E-state index in [9.17, 15) is 9.59 Å². The third-order valence-corrected chi connectivity index (χ3v) is 0.353. The lowest BCUT2D eigenvalue weighted by Gasteiger charge is -1.93. The maximum Gasteiger partial charge on any atom is 0.438 e. The maximum atomic E-state index is 9.65. The summed E-state index contributed by atoms with van der Waals surface area (Å²) in [5.41, 5.74) is -2.57. The summed E-state index contributed by atoms with van der Waals surface area (Å²) in [5, 5.41) is 6.79. The van der Waals surface area contributed by atoms with E-state index in [-0.39, 0.29) is 0 Å². The van der Waals surface area contributed by atoms with Crippen molar-refractivity contribution >= 4 is 34.1 Å². The summed E-state index contributed by atoms with van der Waals surface area (Å²) in [5.74, 6) is 0. The van der Waals surface area contributed by atoms with E-state index in [1.807, 2.05) is 0 Å². The standard InChI is InChI=1S/C2Cl2O6/c3-1(5)7-9-10-8-2(4)6. The molecular weight excluding hydrogens is 191 g/mol. The van der Waals surface area contributed by atoms with Gasteiger partial charge >= 0.3 is 10.9 Å². The van der Waals surface area contributed by atoms with E-state index in [0.717, 1.165) is 0 Å². The zero-order valence-electron chi connectivity index (χ0n) is 4.21. The van der Waals surface area contributed by atoms with Gasteiger partial charge in [-0.1, -0.05) is 0 Å². The van der Waals surface area contributed by atoms with Crippen LogP contribution < -0.4 is 0 Å². The van der Waals surface area contributed by atoms with Crippen molar-refractivity contribution in [1.29, 1.82) is 0 Å². The Bertz CT molecular complexity index is 118. The number of carbonyl (C=O) groups is 2. The van der Waals surface area contributed by atoms with E-state index in [1.54, 1.807) is 0 Å². The van der Waals surface area contributed by atoms with Gasteiger partial charge in [-0.05, 0) is 0 Å². The number of halogens is 2. The van der Waals surface area contributed by atoms with Gasteiger partial charge in [-0.2, -0.15) is 0 Å². The smallest absolute Gasteiger partial charge is 0.248 e. The minimum Gasteiger partial charge on any atom is -0.248 e. The van der Waals surface area contributed by atoms with Crippen LogP contribution >= 0.6 is 23.2 Å². The lowest BCUT2D eigenvalue weighted by Crippen LogP contribution is -2.00. The normalized spacial score (nSPS) is 8.60. The second kappa shape index (κ2) is 5.24. The van der Waals surface area contributed by atoms with Crippen molar-refractivity contribution in [3.05, 3.63) is 0 Å². The molecule has 0 unspecified atom stereocenters. The molecule has 0 bridgehead atoms. The Labute approximate surface area is 64.3 Å². The monoisotopic (exact) mass is 190 g/mol. The van der Waals surface area contributed by atoms with Crippen LogP contribution in [0.3, 0.4) is 0 Å². The minimum atomic E-state index is -1.29. The molecule has 0 aromatic heterocycles. The van der Waals surface area contributed by atoms with Crippen LogP contribution in [0.1, 0.15) is 0 Å². The van der Waals surface area contributed by atoms with Crippen LogP contribution in [0.4, 0.5) is 9.59 Å². The van der Waals surface area contributed by atoms with Crippen LogP contribution in [0, 0.1) is 0 Å². The number of carbonyl (C=O) groups excluding carboxylic acids is 2. The van der Waals surface area contributed by atoms with Gasteiger partial charge in [0.2, 0.25) is 0 Å². The highest BCUT2D eigenvalue weighted by atomic mass is 35.5. The Hall–Kier alpha value is -0.560. The predicted molar refractivity (Wildman–Crippen MR) is 26.8 cm³/mol. The maximum absolute atomic E-state index is 9.65. The van der Waals surface area contributed by atoms with Crippen molar-refractivity contribution < 1.29 is 29.4 Å². The van der Waals surface area contributed by atoms with Crippen molar-refractivity contribution in [3.8, 4) is 0 Å². The number of hydrogen-bond acceptors (Lipinski definition) is 6. The van der Waals surface area contributed by atoms with Gasteiger partial charge in [0.05, 0.1) is 0 Å². The van der Waals surface area contributed by atoms with Gasteiger partial charge in [-0.3, -0.25) is 0 Å². The minimum absolute atomic E-state index is 1.29. The second-order valence-electron chi connectivity index (χ2n) is 0.778. The van der Waals surface area contributed by atoms with Gasteiger partial charge in [-0.25, -0.2) is 19.4 Å². The molecular formula is C2Cl2O6. The Morgan fingerprint density at radius 2 is 1.20 bits per heavy atom. The fraction of sp³-hybridized carbons (Fsp3) is 0. The first-order valence-electron chi connectivity index (χ1n) is 1.69. The highest BCUT2D eigenvalue weighted by Gasteiger charge is 2.00. The molecule has 6 nitrogen and oxygen atoms in total. The molecule has 0 amide bonds. The van der Waals surface area contributed by atoms with Gasteiger partial charge in [0.15, 0.2) is 0 Å². The molecule has 0 rings (SSSR count). The van der Waals surface area contributed by atoms with Crippen molar-refractivity contribution in [1.82, 2.24) is 0 Å². The van der Waals surface area contributed by atoms with Crippen molar-refractivity contribution in [2.45, 2.75) is 0 Å². The average Bonchev–Trinajstić information content (AvgIpc) is 1.79. The molecule has 0 aromatic rings. The average molecular weight is 191 g/mol. The van der Waals surface area contributed by atoms with Gasteiger partial charge < -0.3 is 0 Å².